The van der Waals surface area contributed by atoms with Gasteiger partial charge in [-0.1, -0.05) is 29.8 Å². The second kappa shape index (κ2) is 6.58. The lowest BCUT2D eigenvalue weighted by molar-refractivity contribution is 0.174. The lowest BCUT2D eigenvalue weighted by atomic mass is 10.1. The molecule has 2 N–H and O–H groups in total. The van der Waals surface area contributed by atoms with Crippen LogP contribution in [-0.4, -0.2) is 19.4 Å². The van der Waals surface area contributed by atoms with Crippen LogP contribution in [0.15, 0.2) is 42.5 Å². The van der Waals surface area contributed by atoms with Crippen LogP contribution in [0.4, 0.5) is 10.5 Å². The van der Waals surface area contributed by atoms with Gasteiger partial charge in [0.15, 0.2) is 11.5 Å². The Morgan fingerprint density at radius 2 is 1.95 bits per heavy atom. The maximum Gasteiger partial charge on any atom is 0.319 e. The van der Waals surface area contributed by atoms with Crippen LogP contribution in [0.2, 0.25) is 5.02 Å². The van der Waals surface area contributed by atoms with Crippen LogP contribution < -0.4 is 20.1 Å². The number of halogens is 1. The zero-order valence-electron chi connectivity index (χ0n) is 11.8. The Kier molecular flexibility index (Phi) is 4.34. The van der Waals surface area contributed by atoms with Gasteiger partial charge in [-0.25, -0.2) is 4.79 Å². The van der Waals surface area contributed by atoms with Gasteiger partial charge in [-0.3, -0.25) is 0 Å². The highest BCUT2D eigenvalue weighted by atomic mass is 35.5. The third-order valence-electron chi connectivity index (χ3n) is 3.26. The van der Waals surface area contributed by atoms with E-state index in [1.54, 1.807) is 12.1 Å². The molecule has 1 aliphatic rings. The van der Waals surface area contributed by atoms with E-state index in [0.717, 1.165) is 17.1 Å². The topological polar surface area (TPSA) is 59.6 Å². The van der Waals surface area contributed by atoms with Crippen molar-refractivity contribution < 1.29 is 14.3 Å². The van der Waals surface area contributed by atoms with Gasteiger partial charge in [0.05, 0.1) is 10.7 Å². The number of urea groups is 1. The summed E-state index contributed by atoms with van der Waals surface area (Å²) in [5.41, 5.74) is 1.66. The predicted octanol–water partition coefficient (Wildman–Crippen LogP) is 3.43. The number of benzene rings is 2. The molecular formula is C16H15ClN2O3. The molecular weight excluding hydrogens is 304 g/mol. The molecule has 1 aliphatic heterocycles. The molecule has 0 radical (unpaired) electrons. The smallest absolute Gasteiger partial charge is 0.319 e. The van der Waals surface area contributed by atoms with Crippen molar-refractivity contribution in [3.05, 3.63) is 53.1 Å². The maximum absolute atomic E-state index is 11.8. The van der Waals surface area contributed by atoms with Gasteiger partial charge in [-0.15, -0.1) is 0 Å². The maximum atomic E-state index is 11.8. The molecule has 0 atom stereocenters. The minimum atomic E-state index is -0.283. The van der Waals surface area contributed by atoms with Crippen LogP contribution in [0.1, 0.15) is 5.56 Å². The van der Waals surface area contributed by atoms with E-state index in [0.29, 0.717) is 23.7 Å². The molecule has 0 aliphatic carbocycles. The van der Waals surface area contributed by atoms with Crippen LogP contribution in [-0.2, 0) is 6.42 Å². The number of carbonyl (C=O) groups excluding carboxylic acids is 1. The van der Waals surface area contributed by atoms with Gasteiger partial charge in [0.1, 0.15) is 0 Å². The van der Waals surface area contributed by atoms with E-state index in [1.165, 1.54) is 0 Å². The Morgan fingerprint density at radius 1 is 1.14 bits per heavy atom. The number of fused-ring (bicyclic) bond motifs is 1. The summed E-state index contributed by atoms with van der Waals surface area (Å²) in [6, 6.07) is 12.6. The summed E-state index contributed by atoms with van der Waals surface area (Å²) in [6.07, 6.45) is 0.701. The van der Waals surface area contributed by atoms with Gasteiger partial charge in [0.2, 0.25) is 6.79 Å². The molecule has 0 aromatic heterocycles. The van der Waals surface area contributed by atoms with E-state index in [1.807, 2.05) is 30.3 Å². The number of nitrogens with one attached hydrogen (secondary N) is 2. The number of amides is 2. The Hall–Kier alpha value is -2.40. The Labute approximate surface area is 133 Å². The van der Waals surface area contributed by atoms with E-state index in [4.69, 9.17) is 21.1 Å². The molecule has 114 valence electrons. The van der Waals surface area contributed by atoms with Crippen LogP contribution in [0.5, 0.6) is 11.5 Å². The summed E-state index contributed by atoms with van der Waals surface area (Å²) in [5.74, 6) is 1.51. The van der Waals surface area contributed by atoms with E-state index in [9.17, 15) is 4.79 Å². The lowest BCUT2D eigenvalue weighted by Crippen LogP contribution is -2.30. The van der Waals surface area contributed by atoms with Crippen molar-refractivity contribution in [2.75, 3.05) is 18.7 Å². The largest absolute Gasteiger partial charge is 0.454 e. The first-order valence-electron chi connectivity index (χ1n) is 6.90. The minimum Gasteiger partial charge on any atom is -0.454 e. The van der Waals surface area contributed by atoms with Gasteiger partial charge >= 0.3 is 6.03 Å². The van der Waals surface area contributed by atoms with Gasteiger partial charge in [0.25, 0.3) is 0 Å². The zero-order chi connectivity index (χ0) is 15.4. The molecule has 0 saturated heterocycles. The molecule has 6 heteroatoms. The molecule has 22 heavy (non-hydrogen) atoms. The first-order chi connectivity index (χ1) is 10.7. The molecule has 2 aromatic carbocycles. The molecule has 0 saturated carbocycles. The number of ether oxygens (including phenoxy) is 2. The second-order valence-corrected chi connectivity index (χ2v) is 5.21. The molecule has 5 nitrogen and oxygen atoms in total. The molecule has 0 bridgehead atoms. The Balaban J connectivity index is 1.49. The third-order valence-corrected chi connectivity index (χ3v) is 3.59. The summed E-state index contributed by atoms with van der Waals surface area (Å²) in [6.45, 7) is 0.771. The molecule has 2 amide bonds. The molecule has 2 aromatic rings. The van der Waals surface area contributed by atoms with Crippen LogP contribution in [0.25, 0.3) is 0 Å². The van der Waals surface area contributed by atoms with Gasteiger partial charge in [0, 0.05) is 6.54 Å². The molecule has 0 fully saturated rings. The summed E-state index contributed by atoms with van der Waals surface area (Å²) < 4.78 is 10.6. The first-order valence-corrected chi connectivity index (χ1v) is 7.28. The number of hydrogen-bond acceptors (Lipinski definition) is 3. The third kappa shape index (κ3) is 3.43. The highest BCUT2D eigenvalue weighted by Crippen LogP contribution is 2.32. The molecule has 0 unspecified atom stereocenters. The number of hydrogen-bond donors (Lipinski definition) is 2. The van der Waals surface area contributed by atoms with Crippen molar-refractivity contribution in [2.24, 2.45) is 0 Å². The highest BCUT2D eigenvalue weighted by Gasteiger charge is 2.13. The van der Waals surface area contributed by atoms with E-state index >= 15 is 0 Å². The van der Waals surface area contributed by atoms with Crippen LogP contribution >= 0.6 is 11.6 Å². The van der Waals surface area contributed by atoms with Crippen molar-refractivity contribution in [1.29, 1.82) is 0 Å². The van der Waals surface area contributed by atoms with Crippen molar-refractivity contribution in [2.45, 2.75) is 6.42 Å². The van der Waals surface area contributed by atoms with E-state index < -0.39 is 0 Å². The van der Waals surface area contributed by atoms with Crippen molar-refractivity contribution >= 4 is 23.3 Å². The average Bonchev–Trinajstić information content (AvgIpc) is 2.97. The molecule has 1 heterocycles. The van der Waals surface area contributed by atoms with Crippen molar-refractivity contribution in [3.63, 3.8) is 0 Å². The monoisotopic (exact) mass is 318 g/mol. The Morgan fingerprint density at radius 3 is 2.82 bits per heavy atom. The first kappa shape index (κ1) is 14.5. The number of carbonyl (C=O) groups is 1. The van der Waals surface area contributed by atoms with E-state index in [-0.39, 0.29) is 12.8 Å². The molecule has 3 rings (SSSR count). The Bertz CT molecular complexity index is 691. The second-order valence-electron chi connectivity index (χ2n) is 4.80. The summed E-state index contributed by atoms with van der Waals surface area (Å²) in [5, 5.41) is 6.01. The fourth-order valence-electron chi connectivity index (χ4n) is 2.15. The minimum absolute atomic E-state index is 0.261. The van der Waals surface area contributed by atoms with Crippen LogP contribution in [0.3, 0.4) is 0 Å². The van der Waals surface area contributed by atoms with E-state index in [2.05, 4.69) is 10.6 Å². The van der Waals surface area contributed by atoms with Gasteiger partial charge in [-0.05, 0) is 36.2 Å². The normalized spacial score (nSPS) is 12.0. The van der Waals surface area contributed by atoms with Crippen molar-refractivity contribution in [3.8, 4) is 11.5 Å². The van der Waals surface area contributed by atoms with Gasteiger partial charge in [-0.2, -0.15) is 0 Å². The summed E-state index contributed by atoms with van der Waals surface area (Å²) in [7, 11) is 0. The van der Waals surface area contributed by atoms with Gasteiger partial charge < -0.3 is 20.1 Å². The number of para-hydroxylation sites is 1. The molecule has 0 spiro atoms. The van der Waals surface area contributed by atoms with Crippen LogP contribution in [0, 0.1) is 0 Å². The lowest BCUT2D eigenvalue weighted by Gasteiger charge is -2.09. The quantitative estimate of drug-likeness (QED) is 0.908. The predicted molar refractivity (Wildman–Crippen MR) is 84.7 cm³/mol. The number of anilines is 1. The SMILES string of the molecule is O=C(NCCc1ccc2c(c1)OCO2)Nc1ccccc1Cl. The summed E-state index contributed by atoms with van der Waals surface area (Å²) in [4.78, 5) is 11.8. The zero-order valence-corrected chi connectivity index (χ0v) is 12.5. The van der Waals surface area contributed by atoms with Crippen molar-refractivity contribution in [1.82, 2.24) is 5.32 Å². The summed E-state index contributed by atoms with van der Waals surface area (Å²) >= 11 is 5.98. The standard InChI is InChI=1S/C16H15ClN2O3/c17-12-3-1-2-4-13(12)19-16(20)18-8-7-11-5-6-14-15(9-11)22-10-21-14/h1-6,9H,7-8,10H2,(H2,18,19,20). The average molecular weight is 319 g/mol. The fourth-order valence-corrected chi connectivity index (χ4v) is 2.33. The highest BCUT2D eigenvalue weighted by molar-refractivity contribution is 6.33. The fraction of sp³-hybridized carbons (Fsp3) is 0.188. The number of rotatable bonds is 4.